The number of hydrogen-bond acceptors (Lipinski definition) is 3. The number of nitrogens with one attached hydrogen (secondary N) is 1. The van der Waals surface area contributed by atoms with Gasteiger partial charge in [0.05, 0.1) is 4.92 Å². The topological polar surface area (TPSA) is 72.2 Å². The Balaban J connectivity index is 2.23. The lowest BCUT2D eigenvalue weighted by Gasteiger charge is -2.09. The molecule has 0 fully saturated rings. The summed E-state index contributed by atoms with van der Waals surface area (Å²) in [6, 6.07) is 9.66. The van der Waals surface area contributed by atoms with Gasteiger partial charge in [-0.2, -0.15) is 0 Å². The van der Waals surface area contributed by atoms with Crippen molar-refractivity contribution in [2.75, 3.05) is 5.32 Å². The fraction of sp³-hybridized carbons (Fsp3) is 0.133. The maximum absolute atomic E-state index is 12.2. The Labute approximate surface area is 130 Å². The first-order valence-electron chi connectivity index (χ1n) is 6.21. The van der Waals surface area contributed by atoms with Gasteiger partial charge in [-0.05, 0) is 43.2 Å². The lowest BCUT2D eigenvalue weighted by molar-refractivity contribution is -0.384. The molecule has 1 amide bonds. The van der Waals surface area contributed by atoms with Crippen molar-refractivity contribution in [3.63, 3.8) is 0 Å². The van der Waals surface area contributed by atoms with Gasteiger partial charge in [0.25, 0.3) is 11.6 Å². The first kappa shape index (κ1) is 15.2. The molecule has 1 N–H and O–H groups in total. The van der Waals surface area contributed by atoms with E-state index < -0.39 is 4.92 Å². The third kappa shape index (κ3) is 3.46. The third-order valence-electron chi connectivity index (χ3n) is 3.10. The molecule has 6 heteroatoms. The molecule has 0 radical (unpaired) electrons. The minimum Gasteiger partial charge on any atom is -0.322 e. The number of carbonyl (C=O) groups excluding carboxylic acids is 1. The van der Waals surface area contributed by atoms with Crippen molar-refractivity contribution in [1.29, 1.82) is 0 Å². The largest absolute Gasteiger partial charge is 0.322 e. The van der Waals surface area contributed by atoms with E-state index in [2.05, 4.69) is 21.2 Å². The maximum Gasteiger partial charge on any atom is 0.269 e. The van der Waals surface area contributed by atoms with E-state index >= 15 is 0 Å². The minimum atomic E-state index is -0.463. The summed E-state index contributed by atoms with van der Waals surface area (Å²) in [6.45, 7) is 3.65. The predicted octanol–water partition coefficient (Wildman–Crippen LogP) is 4.23. The van der Waals surface area contributed by atoms with Crippen LogP contribution in [-0.4, -0.2) is 10.8 Å². The maximum atomic E-state index is 12.2. The number of carbonyl (C=O) groups is 1. The molecular weight excluding hydrogens is 336 g/mol. The molecule has 0 bridgehead atoms. The van der Waals surface area contributed by atoms with Crippen LogP contribution in [0.1, 0.15) is 21.5 Å². The zero-order valence-corrected chi connectivity index (χ0v) is 13.1. The van der Waals surface area contributed by atoms with Crippen LogP contribution < -0.4 is 5.32 Å². The van der Waals surface area contributed by atoms with E-state index in [0.717, 1.165) is 10.0 Å². The molecule has 2 aromatic carbocycles. The molecule has 0 aromatic heterocycles. The molecule has 0 heterocycles. The molecule has 21 heavy (non-hydrogen) atoms. The Kier molecular flexibility index (Phi) is 4.37. The highest BCUT2D eigenvalue weighted by Gasteiger charge is 2.12. The number of nitro groups is 1. The van der Waals surface area contributed by atoms with Gasteiger partial charge in [-0.25, -0.2) is 0 Å². The van der Waals surface area contributed by atoms with Crippen molar-refractivity contribution in [2.24, 2.45) is 0 Å². The lowest BCUT2D eigenvalue weighted by atomic mass is 10.1. The van der Waals surface area contributed by atoms with Crippen molar-refractivity contribution in [3.05, 3.63) is 67.7 Å². The number of rotatable bonds is 3. The van der Waals surface area contributed by atoms with E-state index in [1.54, 1.807) is 19.1 Å². The SMILES string of the molecule is Cc1ccc(C(=O)Nc2ccc([N+](=O)[O-])cc2C)cc1Br. The zero-order valence-electron chi connectivity index (χ0n) is 11.5. The fourth-order valence-corrected chi connectivity index (χ4v) is 2.21. The fourth-order valence-electron chi connectivity index (χ4n) is 1.83. The van der Waals surface area contributed by atoms with Gasteiger partial charge in [0.15, 0.2) is 0 Å². The number of hydrogen-bond donors (Lipinski definition) is 1. The van der Waals surface area contributed by atoms with Crippen LogP contribution >= 0.6 is 15.9 Å². The van der Waals surface area contributed by atoms with Gasteiger partial charge in [-0.15, -0.1) is 0 Å². The molecule has 0 atom stereocenters. The van der Waals surface area contributed by atoms with Crippen LogP contribution in [-0.2, 0) is 0 Å². The second kappa shape index (κ2) is 6.05. The number of benzene rings is 2. The molecule has 108 valence electrons. The minimum absolute atomic E-state index is 0.00331. The number of nitro benzene ring substituents is 1. The molecule has 5 nitrogen and oxygen atoms in total. The summed E-state index contributed by atoms with van der Waals surface area (Å²) in [6.07, 6.45) is 0. The molecule has 0 aliphatic rings. The van der Waals surface area contributed by atoms with Crippen LogP contribution in [0.4, 0.5) is 11.4 Å². The van der Waals surface area contributed by atoms with Crippen molar-refractivity contribution in [3.8, 4) is 0 Å². The Morgan fingerprint density at radius 2 is 1.86 bits per heavy atom. The average Bonchev–Trinajstić information content (AvgIpc) is 2.43. The second-order valence-corrected chi connectivity index (χ2v) is 5.53. The van der Waals surface area contributed by atoms with E-state index in [-0.39, 0.29) is 11.6 Å². The van der Waals surface area contributed by atoms with E-state index in [1.165, 1.54) is 18.2 Å². The van der Waals surface area contributed by atoms with E-state index in [0.29, 0.717) is 16.8 Å². The first-order chi connectivity index (χ1) is 9.88. The molecule has 2 aromatic rings. The van der Waals surface area contributed by atoms with Gasteiger partial charge < -0.3 is 5.32 Å². The van der Waals surface area contributed by atoms with Crippen LogP contribution in [0.25, 0.3) is 0 Å². The Bertz CT molecular complexity index is 729. The van der Waals surface area contributed by atoms with E-state index in [1.807, 2.05) is 13.0 Å². The van der Waals surface area contributed by atoms with Crippen molar-refractivity contribution in [1.82, 2.24) is 0 Å². The summed E-state index contributed by atoms with van der Waals surface area (Å²) in [5.74, 6) is -0.257. The first-order valence-corrected chi connectivity index (χ1v) is 7.00. The quantitative estimate of drug-likeness (QED) is 0.666. The predicted molar refractivity (Wildman–Crippen MR) is 84.7 cm³/mol. The normalized spacial score (nSPS) is 10.2. The van der Waals surface area contributed by atoms with Gasteiger partial charge in [0.1, 0.15) is 0 Å². The van der Waals surface area contributed by atoms with Crippen molar-refractivity contribution < 1.29 is 9.72 Å². The highest BCUT2D eigenvalue weighted by molar-refractivity contribution is 9.10. The van der Waals surface area contributed by atoms with Crippen LogP contribution in [0.3, 0.4) is 0 Å². The van der Waals surface area contributed by atoms with Gasteiger partial charge in [-0.1, -0.05) is 22.0 Å². The molecule has 0 aliphatic heterocycles. The number of halogens is 1. The molecule has 0 spiro atoms. The van der Waals surface area contributed by atoms with Crippen LogP contribution in [0, 0.1) is 24.0 Å². The summed E-state index contributed by atoms with van der Waals surface area (Å²) in [4.78, 5) is 22.4. The van der Waals surface area contributed by atoms with Gasteiger partial charge >= 0.3 is 0 Å². The molecular formula is C15H13BrN2O3. The standard InChI is InChI=1S/C15H13BrN2O3/c1-9-3-4-11(8-13(9)16)15(19)17-14-6-5-12(18(20)21)7-10(14)2/h3-8H,1-2H3,(H,17,19). The number of aryl methyl sites for hydroxylation is 2. The van der Waals surface area contributed by atoms with Gasteiger partial charge in [-0.3, -0.25) is 14.9 Å². The number of nitrogens with zero attached hydrogens (tertiary/aromatic N) is 1. The summed E-state index contributed by atoms with van der Waals surface area (Å²) >= 11 is 3.38. The molecule has 0 aliphatic carbocycles. The summed E-state index contributed by atoms with van der Waals surface area (Å²) < 4.78 is 0.857. The Morgan fingerprint density at radius 3 is 2.43 bits per heavy atom. The van der Waals surface area contributed by atoms with Crippen molar-refractivity contribution in [2.45, 2.75) is 13.8 Å². The van der Waals surface area contributed by atoms with Gasteiger partial charge in [0, 0.05) is 27.9 Å². The Hall–Kier alpha value is -2.21. The van der Waals surface area contributed by atoms with Crippen LogP contribution in [0.15, 0.2) is 40.9 Å². The van der Waals surface area contributed by atoms with Crippen LogP contribution in [0.2, 0.25) is 0 Å². The smallest absolute Gasteiger partial charge is 0.269 e. The second-order valence-electron chi connectivity index (χ2n) is 4.67. The van der Waals surface area contributed by atoms with E-state index in [9.17, 15) is 14.9 Å². The van der Waals surface area contributed by atoms with E-state index in [4.69, 9.17) is 0 Å². The summed E-state index contributed by atoms with van der Waals surface area (Å²) in [5.41, 5.74) is 2.76. The number of anilines is 1. The molecule has 0 unspecified atom stereocenters. The number of non-ortho nitro benzene ring substituents is 1. The highest BCUT2D eigenvalue weighted by Crippen LogP contribution is 2.23. The van der Waals surface area contributed by atoms with Gasteiger partial charge in [0.2, 0.25) is 0 Å². The number of amides is 1. The summed E-state index contributed by atoms with van der Waals surface area (Å²) in [5, 5.41) is 13.4. The summed E-state index contributed by atoms with van der Waals surface area (Å²) in [7, 11) is 0. The molecule has 0 saturated heterocycles. The highest BCUT2D eigenvalue weighted by atomic mass is 79.9. The molecule has 2 rings (SSSR count). The average molecular weight is 349 g/mol. The lowest BCUT2D eigenvalue weighted by Crippen LogP contribution is -2.13. The Morgan fingerprint density at radius 1 is 1.14 bits per heavy atom. The third-order valence-corrected chi connectivity index (χ3v) is 3.96. The monoisotopic (exact) mass is 348 g/mol. The molecule has 0 saturated carbocycles. The van der Waals surface area contributed by atoms with Crippen molar-refractivity contribution >= 4 is 33.2 Å². The zero-order chi connectivity index (χ0) is 15.6. The van der Waals surface area contributed by atoms with Crippen LogP contribution in [0.5, 0.6) is 0 Å².